The van der Waals surface area contributed by atoms with E-state index in [0.717, 1.165) is 32.5 Å². The molecule has 0 radical (unpaired) electrons. The van der Waals surface area contributed by atoms with Crippen LogP contribution in [-0.4, -0.2) is 56.1 Å². The van der Waals surface area contributed by atoms with E-state index in [1.165, 1.54) is 17.7 Å². The van der Waals surface area contributed by atoms with Gasteiger partial charge in [-0.05, 0) is 49.2 Å². The van der Waals surface area contributed by atoms with Crippen LogP contribution in [0.4, 0.5) is 4.39 Å². The molecule has 0 aromatic heterocycles. The van der Waals surface area contributed by atoms with Gasteiger partial charge in [-0.1, -0.05) is 30.3 Å². The van der Waals surface area contributed by atoms with Crippen molar-refractivity contribution >= 4 is 0 Å². The summed E-state index contributed by atoms with van der Waals surface area (Å²) in [5.41, 5.74) is 1.39. The summed E-state index contributed by atoms with van der Waals surface area (Å²) in [4.78, 5) is 2.43. The summed E-state index contributed by atoms with van der Waals surface area (Å²) < 4.78 is 31.0. The monoisotopic (exact) mass is 371 g/mol. The average Bonchev–Trinajstić information content (AvgIpc) is 2.99. The highest BCUT2D eigenvalue weighted by Crippen LogP contribution is 2.22. The zero-order chi connectivity index (χ0) is 18.5. The van der Waals surface area contributed by atoms with E-state index in [-0.39, 0.29) is 24.1 Å². The first kappa shape index (κ1) is 18.4. The molecule has 2 aliphatic heterocycles. The summed E-state index contributed by atoms with van der Waals surface area (Å²) in [5.74, 6) is 0.376. The molecule has 2 fully saturated rings. The van der Waals surface area contributed by atoms with E-state index >= 15 is 0 Å². The Balaban J connectivity index is 1.21. The fourth-order valence-corrected chi connectivity index (χ4v) is 3.76. The number of benzene rings is 2. The van der Waals surface area contributed by atoms with Gasteiger partial charge in [0.2, 0.25) is 0 Å². The van der Waals surface area contributed by atoms with Crippen LogP contribution in [0.3, 0.4) is 0 Å². The second kappa shape index (κ2) is 8.83. The maximum Gasteiger partial charge on any atom is 0.145 e. The molecule has 4 rings (SSSR count). The largest absolute Gasteiger partial charge is 0.486 e. The maximum atomic E-state index is 13.0. The van der Waals surface area contributed by atoms with Gasteiger partial charge in [0.15, 0.2) is 0 Å². The van der Waals surface area contributed by atoms with E-state index in [0.29, 0.717) is 19.0 Å². The molecule has 0 bridgehead atoms. The molecule has 0 aliphatic carbocycles. The fourth-order valence-electron chi connectivity index (χ4n) is 3.76. The van der Waals surface area contributed by atoms with Crippen LogP contribution in [0.15, 0.2) is 54.6 Å². The summed E-state index contributed by atoms with van der Waals surface area (Å²) in [7, 11) is 0. The minimum atomic E-state index is -0.266. The highest BCUT2D eigenvalue weighted by molar-refractivity contribution is 5.22. The first-order valence-corrected chi connectivity index (χ1v) is 9.68. The first-order chi connectivity index (χ1) is 13.3. The molecule has 144 valence electrons. The number of halogens is 1. The summed E-state index contributed by atoms with van der Waals surface area (Å²) in [6.07, 6.45) is 2.28. The second-order valence-electron chi connectivity index (χ2n) is 7.29. The minimum absolute atomic E-state index is 0.101. The summed E-state index contributed by atoms with van der Waals surface area (Å²) >= 11 is 0. The maximum absolute atomic E-state index is 13.0. The van der Waals surface area contributed by atoms with Gasteiger partial charge >= 0.3 is 0 Å². The number of hydrogen-bond donors (Lipinski definition) is 0. The number of hydrogen-bond acceptors (Lipinski definition) is 4. The summed E-state index contributed by atoms with van der Waals surface area (Å²) in [6.45, 7) is 3.86. The van der Waals surface area contributed by atoms with Crippen LogP contribution in [-0.2, 0) is 15.9 Å². The Morgan fingerprint density at radius 1 is 0.926 bits per heavy atom. The predicted molar refractivity (Wildman–Crippen MR) is 101 cm³/mol. The van der Waals surface area contributed by atoms with Gasteiger partial charge in [0.1, 0.15) is 17.7 Å². The Labute approximate surface area is 159 Å². The van der Waals surface area contributed by atoms with Crippen LogP contribution in [0.2, 0.25) is 0 Å². The normalized spacial score (nSPS) is 23.7. The number of aryl methyl sites for hydroxylation is 1. The fraction of sp³-hybridized carbons (Fsp3) is 0.455. The second-order valence-corrected chi connectivity index (χ2v) is 7.29. The van der Waals surface area contributed by atoms with Gasteiger partial charge < -0.3 is 14.2 Å². The Kier molecular flexibility index (Phi) is 6.02. The van der Waals surface area contributed by atoms with Crippen molar-refractivity contribution in [2.24, 2.45) is 0 Å². The lowest BCUT2D eigenvalue weighted by atomic mass is 10.1. The molecule has 2 aromatic rings. The van der Waals surface area contributed by atoms with Gasteiger partial charge in [0.05, 0.1) is 25.4 Å². The topological polar surface area (TPSA) is 30.9 Å². The third-order valence-corrected chi connectivity index (χ3v) is 5.18. The molecule has 5 heteroatoms. The molecule has 27 heavy (non-hydrogen) atoms. The van der Waals surface area contributed by atoms with E-state index in [4.69, 9.17) is 14.2 Å². The highest BCUT2D eigenvalue weighted by atomic mass is 19.1. The highest BCUT2D eigenvalue weighted by Gasteiger charge is 2.37. The molecular formula is C22H26FNO3. The lowest BCUT2D eigenvalue weighted by molar-refractivity contribution is -0.00461. The SMILES string of the molecule is Fc1ccc(OC2CO[C@H]3CN(CCCc4ccccc4)C[C@@H]3OC2)cc1. The van der Waals surface area contributed by atoms with Crippen LogP contribution in [0.1, 0.15) is 12.0 Å². The Morgan fingerprint density at radius 2 is 1.59 bits per heavy atom. The van der Waals surface area contributed by atoms with Gasteiger partial charge in [-0.15, -0.1) is 0 Å². The average molecular weight is 371 g/mol. The van der Waals surface area contributed by atoms with E-state index in [1.807, 2.05) is 0 Å². The van der Waals surface area contributed by atoms with E-state index in [2.05, 4.69) is 35.2 Å². The molecule has 0 unspecified atom stereocenters. The van der Waals surface area contributed by atoms with Crippen LogP contribution in [0.5, 0.6) is 5.75 Å². The van der Waals surface area contributed by atoms with Gasteiger partial charge in [-0.2, -0.15) is 0 Å². The quantitative estimate of drug-likeness (QED) is 0.780. The van der Waals surface area contributed by atoms with Crippen LogP contribution < -0.4 is 4.74 Å². The lowest BCUT2D eigenvalue weighted by Gasteiger charge is -2.19. The first-order valence-electron chi connectivity index (χ1n) is 9.68. The number of rotatable bonds is 6. The van der Waals surface area contributed by atoms with Crippen LogP contribution in [0.25, 0.3) is 0 Å². The Bertz CT molecular complexity index is 693. The van der Waals surface area contributed by atoms with E-state index in [9.17, 15) is 4.39 Å². The standard InChI is InChI=1S/C22H26FNO3/c23-18-8-10-19(11-9-18)27-20-15-25-21-13-24(14-22(21)26-16-20)12-4-7-17-5-2-1-3-6-17/h1-3,5-6,8-11,20-22H,4,7,12-16H2/t21-,22-/m0/s1. The van der Waals surface area contributed by atoms with Crippen LogP contribution in [0, 0.1) is 5.82 Å². The molecule has 0 N–H and O–H groups in total. The summed E-state index contributed by atoms with van der Waals surface area (Å²) in [6, 6.07) is 16.7. The van der Waals surface area contributed by atoms with Crippen molar-refractivity contribution in [1.82, 2.24) is 4.90 Å². The molecule has 2 aliphatic rings. The number of nitrogens with zero attached hydrogens (tertiary/aromatic N) is 1. The van der Waals surface area contributed by atoms with Crippen LogP contribution >= 0.6 is 0 Å². The molecule has 2 heterocycles. The number of fused-ring (bicyclic) bond motifs is 1. The zero-order valence-corrected chi connectivity index (χ0v) is 15.4. The van der Waals surface area contributed by atoms with Crippen molar-refractivity contribution in [2.75, 3.05) is 32.8 Å². The van der Waals surface area contributed by atoms with Crippen molar-refractivity contribution in [1.29, 1.82) is 0 Å². The van der Waals surface area contributed by atoms with Crippen molar-refractivity contribution in [3.8, 4) is 5.75 Å². The van der Waals surface area contributed by atoms with E-state index in [1.54, 1.807) is 12.1 Å². The molecule has 2 atom stereocenters. The van der Waals surface area contributed by atoms with Crippen molar-refractivity contribution < 1.29 is 18.6 Å². The third-order valence-electron chi connectivity index (χ3n) is 5.18. The summed E-state index contributed by atoms with van der Waals surface area (Å²) in [5, 5.41) is 0. The molecule has 4 nitrogen and oxygen atoms in total. The smallest absolute Gasteiger partial charge is 0.145 e. The molecule has 0 spiro atoms. The number of ether oxygens (including phenoxy) is 3. The molecule has 0 saturated carbocycles. The van der Waals surface area contributed by atoms with Crippen molar-refractivity contribution in [3.63, 3.8) is 0 Å². The van der Waals surface area contributed by atoms with Crippen molar-refractivity contribution in [3.05, 3.63) is 66.0 Å². The van der Waals surface area contributed by atoms with Gasteiger partial charge in [0.25, 0.3) is 0 Å². The van der Waals surface area contributed by atoms with Gasteiger partial charge in [-0.3, -0.25) is 4.90 Å². The minimum Gasteiger partial charge on any atom is -0.486 e. The number of likely N-dealkylation sites (tertiary alicyclic amines) is 1. The van der Waals surface area contributed by atoms with Crippen molar-refractivity contribution in [2.45, 2.75) is 31.2 Å². The zero-order valence-electron chi connectivity index (χ0n) is 15.4. The van der Waals surface area contributed by atoms with Gasteiger partial charge in [-0.25, -0.2) is 4.39 Å². The lowest BCUT2D eigenvalue weighted by Crippen LogP contribution is -2.30. The molecule has 2 saturated heterocycles. The third kappa shape index (κ3) is 5.06. The Hall–Kier alpha value is -1.95. The molecule has 2 aromatic carbocycles. The molecule has 0 amide bonds. The predicted octanol–water partition coefficient (Wildman–Crippen LogP) is 3.31. The Morgan fingerprint density at radius 3 is 2.26 bits per heavy atom. The van der Waals surface area contributed by atoms with E-state index < -0.39 is 0 Å². The molecular weight excluding hydrogens is 345 g/mol. The van der Waals surface area contributed by atoms with Gasteiger partial charge in [0, 0.05) is 13.1 Å².